The fraction of sp³-hybridized carbons (Fsp3) is 0.385. The Kier molecular flexibility index (Phi) is 4.07. The first-order chi connectivity index (χ1) is 9.05. The molecule has 0 saturated carbocycles. The molecule has 19 heavy (non-hydrogen) atoms. The van der Waals surface area contributed by atoms with Gasteiger partial charge in [-0.1, -0.05) is 11.6 Å². The van der Waals surface area contributed by atoms with Crippen LogP contribution in [0.3, 0.4) is 0 Å². The van der Waals surface area contributed by atoms with Gasteiger partial charge in [0.2, 0.25) is 5.91 Å². The van der Waals surface area contributed by atoms with E-state index in [0.717, 1.165) is 0 Å². The summed E-state index contributed by atoms with van der Waals surface area (Å²) >= 11 is 5.95. The quantitative estimate of drug-likeness (QED) is 0.853. The lowest BCUT2D eigenvalue weighted by Gasteiger charge is -2.17. The first kappa shape index (κ1) is 13.8. The van der Waals surface area contributed by atoms with E-state index in [1.807, 2.05) is 0 Å². The Morgan fingerprint density at radius 1 is 1.53 bits per heavy atom. The summed E-state index contributed by atoms with van der Waals surface area (Å²) < 4.78 is 4.64. The molecule has 0 aromatic heterocycles. The molecule has 1 amide bonds. The zero-order valence-electron chi connectivity index (χ0n) is 10.4. The van der Waals surface area contributed by atoms with Crippen LogP contribution in [0.15, 0.2) is 18.2 Å². The van der Waals surface area contributed by atoms with Gasteiger partial charge >= 0.3 is 5.97 Å². The first-order valence-corrected chi connectivity index (χ1v) is 6.23. The van der Waals surface area contributed by atoms with Crippen molar-refractivity contribution in [3.63, 3.8) is 0 Å². The van der Waals surface area contributed by atoms with Gasteiger partial charge in [0.1, 0.15) is 0 Å². The fourth-order valence-electron chi connectivity index (χ4n) is 2.12. The van der Waals surface area contributed by atoms with Crippen LogP contribution in [0.25, 0.3) is 0 Å². The number of hydrogen-bond acceptors (Lipinski definition) is 4. The fourth-order valence-corrected chi connectivity index (χ4v) is 2.35. The van der Waals surface area contributed by atoms with Gasteiger partial charge in [-0.05, 0) is 18.2 Å². The van der Waals surface area contributed by atoms with Gasteiger partial charge in [-0.2, -0.15) is 0 Å². The number of aliphatic hydroxyl groups is 1. The minimum Gasteiger partial charge on any atom is -0.465 e. The van der Waals surface area contributed by atoms with E-state index in [9.17, 15) is 9.59 Å². The van der Waals surface area contributed by atoms with Gasteiger partial charge in [-0.25, -0.2) is 4.79 Å². The lowest BCUT2D eigenvalue weighted by molar-refractivity contribution is -0.117. The molecule has 102 valence electrons. The van der Waals surface area contributed by atoms with Crippen molar-refractivity contribution in [3.05, 3.63) is 28.8 Å². The van der Waals surface area contributed by atoms with Gasteiger partial charge in [0.15, 0.2) is 0 Å². The average Bonchev–Trinajstić information content (AvgIpc) is 2.78. The second-order valence-electron chi connectivity index (χ2n) is 4.45. The van der Waals surface area contributed by atoms with E-state index in [0.29, 0.717) is 29.2 Å². The highest BCUT2D eigenvalue weighted by atomic mass is 35.5. The number of ether oxygens (including phenoxy) is 1. The molecule has 1 unspecified atom stereocenters. The van der Waals surface area contributed by atoms with E-state index in [1.165, 1.54) is 18.1 Å². The Hall–Kier alpha value is -1.59. The molecule has 1 heterocycles. The van der Waals surface area contributed by atoms with Crippen LogP contribution < -0.4 is 4.90 Å². The third-order valence-corrected chi connectivity index (χ3v) is 3.30. The number of carbonyl (C=O) groups excluding carboxylic acids is 2. The van der Waals surface area contributed by atoms with Crippen molar-refractivity contribution >= 4 is 29.2 Å². The molecule has 1 aromatic carbocycles. The standard InChI is InChI=1S/C13H14ClNO4/c1-19-13(18)9-3-10(14)5-11(4-9)15-6-8(7-16)2-12(15)17/h3-5,8,16H,2,6-7H2,1H3. The first-order valence-electron chi connectivity index (χ1n) is 5.85. The third-order valence-electron chi connectivity index (χ3n) is 3.08. The van der Waals surface area contributed by atoms with Gasteiger partial charge in [0, 0.05) is 36.2 Å². The number of carbonyl (C=O) groups is 2. The molecule has 1 fully saturated rings. The topological polar surface area (TPSA) is 66.8 Å². The number of halogens is 1. The van der Waals surface area contributed by atoms with Crippen molar-refractivity contribution in [2.75, 3.05) is 25.2 Å². The van der Waals surface area contributed by atoms with Gasteiger partial charge < -0.3 is 14.7 Å². The van der Waals surface area contributed by atoms with Crippen molar-refractivity contribution in [2.24, 2.45) is 5.92 Å². The Morgan fingerprint density at radius 2 is 2.26 bits per heavy atom. The van der Waals surface area contributed by atoms with Gasteiger partial charge in [-0.15, -0.1) is 0 Å². The van der Waals surface area contributed by atoms with E-state index in [4.69, 9.17) is 16.7 Å². The lowest BCUT2D eigenvalue weighted by Crippen LogP contribution is -2.25. The van der Waals surface area contributed by atoms with Crippen LogP contribution in [0.4, 0.5) is 5.69 Å². The summed E-state index contributed by atoms with van der Waals surface area (Å²) in [5.41, 5.74) is 0.846. The summed E-state index contributed by atoms with van der Waals surface area (Å²) in [6.07, 6.45) is 0.302. The largest absolute Gasteiger partial charge is 0.465 e. The van der Waals surface area contributed by atoms with Gasteiger partial charge in [-0.3, -0.25) is 4.79 Å². The zero-order chi connectivity index (χ0) is 14.0. The molecule has 1 saturated heterocycles. The van der Waals surface area contributed by atoms with Crippen LogP contribution in [0.2, 0.25) is 5.02 Å². The number of rotatable bonds is 3. The minimum absolute atomic E-state index is 0.0351. The summed E-state index contributed by atoms with van der Waals surface area (Å²) in [6, 6.07) is 4.67. The number of amides is 1. The highest BCUT2D eigenvalue weighted by Crippen LogP contribution is 2.28. The van der Waals surface area contributed by atoms with Crippen LogP contribution in [-0.4, -0.2) is 37.2 Å². The number of benzene rings is 1. The number of methoxy groups -OCH3 is 1. The second kappa shape index (κ2) is 5.59. The summed E-state index contributed by atoms with van der Waals surface area (Å²) in [7, 11) is 1.28. The molecule has 1 aromatic rings. The molecule has 2 rings (SSSR count). The van der Waals surface area contributed by atoms with Crippen molar-refractivity contribution in [1.29, 1.82) is 0 Å². The van der Waals surface area contributed by atoms with Crippen LogP contribution in [0, 0.1) is 5.92 Å². The summed E-state index contributed by atoms with van der Waals surface area (Å²) in [5.74, 6) is -0.667. The Bertz CT molecular complexity index is 517. The molecule has 0 aliphatic carbocycles. The molecule has 6 heteroatoms. The van der Waals surface area contributed by atoms with Crippen molar-refractivity contribution < 1.29 is 19.4 Å². The van der Waals surface area contributed by atoms with Gasteiger partial charge in [0.05, 0.1) is 12.7 Å². The number of nitrogens with zero attached hydrogens (tertiary/aromatic N) is 1. The van der Waals surface area contributed by atoms with E-state index in [2.05, 4.69) is 4.74 Å². The smallest absolute Gasteiger partial charge is 0.337 e. The van der Waals surface area contributed by atoms with Crippen LogP contribution >= 0.6 is 11.6 Å². The highest BCUT2D eigenvalue weighted by molar-refractivity contribution is 6.31. The summed E-state index contributed by atoms with van der Waals surface area (Å²) in [4.78, 5) is 24.9. The second-order valence-corrected chi connectivity index (χ2v) is 4.88. The predicted octanol–water partition coefficient (Wildman–Crippen LogP) is 1.47. The van der Waals surface area contributed by atoms with Crippen LogP contribution in [0.1, 0.15) is 16.8 Å². The third kappa shape index (κ3) is 2.88. The maximum Gasteiger partial charge on any atom is 0.337 e. The van der Waals surface area contributed by atoms with Crippen molar-refractivity contribution in [2.45, 2.75) is 6.42 Å². The maximum absolute atomic E-state index is 11.9. The number of hydrogen-bond donors (Lipinski definition) is 1. The predicted molar refractivity (Wildman–Crippen MR) is 70.3 cm³/mol. The van der Waals surface area contributed by atoms with E-state index in [1.54, 1.807) is 12.1 Å². The maximum atomic E-state index is 11.9. The molecule has 0 bridgehead atoms. The van der Waals surface area contributed by atoms with E-state index >= 15 is 0 Å². The SMILES string of the molecule is COC(=O)c1cc(Cl)cc(N2CC(CO)CC2=O)c1. The van der Waals surface area contributed by atoms with E-state index in [-0.39, 0.29) is 18.4 Å². The van der Waals surface area contributed by atoms with Crippen molar-refractivity contribution in [1.82, 2.24) is 0 Å². The molecule has 1 atom stereocenters. The summed E-state index contributed by atoms with van der Waals surface area (Å²) in [5, 5.41) is 9.46. The molecule has 1 aliphatic heterocycles. The van der Waals surface area contributed by atoms with E-state index < -0.39 is 5.97 Å². The molecular formula is C13H14ClNO4. The molecule has 0 spiro atoms. The molecule has 1 N–H and O–H groups in total. The lowest BCUT2D eigenvalue weighted by atomic mass is 10.1. The minimum atomic E-state index is -0.505. The molecule has 0 radical (unpaired) electrons. The number of aliphatic hydroxyl groups excluding tert-OH is 1. The van der Waals surface area contributed by atoms with Crippen LogP contribution in [0.5, 0.6) is 0 Å². The Labute approximate surface area is 115 Å². The summed E-state index contributed by atoms with van der Waals surface area (Å²) in [6.45, 7) is 0.392. The zero-order valence-corrected chi connectivity index (χ0v) is 11.2. The average molecular weight is 284 g/mol. The molecule has 5 nitrogen and oxygen atoms in total. The highest BCUT2D eigenvalue weighted by Gasteiger charge is 2.30. The normalized spacial score (nSPS) is 18.8. The van der Waals surface area contributed by atoms with Crippen molar-refractivity contribution in [3.8, 4) is 0 Å². The van der Waals surface area contributed by atoms with Gasteiger partial charge in [0.25, 0.3) is 0 Å². The number of esters is 1. The molecular weight excluding hydrogens is 270 g/mol. The van der Waals surface area contributed by atoms with Crippen LogP contribution in [-0.2, 0) is 9.53 Å². The Morgan fingerprint density at radius 3 is 2.84 bits per heavy atom. The molecule has 1 aliphatic rings. The monoisotopic (exact) mass is 283 g/mol. The number of anilines is 1. The Balaban J connectivity index is 2.32.